The number of amides is 1. The minimum Gasteiger partial charge on any atom is -0.483 e. The third-order valence-electron chi connectivity index (χ3n) is 5.19. The SMILES string of the molecule is O=C(COc1ccccc1-c1ccccc1)NCC1(c2ccccc2)CC1. The molecule has 0 aliphatic heterocycles. The Hall–Kier alpha value is -3.07. The third-order valence-corrected chi connectivity index (χ3v) is 5.19. The maximum absolute atomic E-state index is 12.3. The zero-order chi connectivity index (χ0) is 18.5. The summed E-state index contributed by atoms with van der Waals surface area (Å²) in [5.74, 6) is 0.642. The van der Waals surface area contributed by atoms with E-state index < -0.39 is 0 Å². The Bertz CT molecular complexity index is 902. The van der Waals surface area contributed by atoms with Gasteiger partial charge < -0.3 is 10.1 Å². The molecule has 136 valence electrons. The van der Waals surface area contributed by atoms with Gasteiger partial charge in [0.1, 0.15) is 5.75 Å². The average Bonchev–Trinajstić information content (AvgIpc) is 3.53. The summed E-state index contributed by atoms with van der Waals surface area (Å²) in [7, 11) is 0. The number of rotatable bonds is 7. The molecule has 0 radical (unpaired) electrons. The maximum Gasteiger partial charge on any atom is 0.257 e. The van der Waals surface area contributed by atoms with Crippen LogP contribution in [0.4, 0.5) is 0 Å². The van der Waals surface area contributed by atoms with Crippen molar-refractivity contribution in [3.05, 3.63) is 90.5 Å². The third kappa shape index (κ3) is 4.03. The molecule has 0 spiro atoms. The van der Waals surface area contributed by atoms with E-state index >= 15 is 0 Å². The van der Waals surface area contributed by atoms with Crippen LogP contribution in [0.15, 0.2) is 84.9 Å². The molecule has 0 aromatic heterocycles. The smallest absolute Gasteiger partial charge is 0.257 e. The minimum atomic E-state index is -0.0833. The lowest BCUT2D eigenvalue weighted by molar-refractivity contribution is -0.123. The average molecular weight is 357 g/mol. The summed E-state index contributed by atoms with van der Waals surface area (Å²) in [5, 5.41) is 3.05. The second-order valence-corrected chi connectivity index (χ2v) is 7.07. The number of para-hydroxylation sites is 1. The van der Waals surface area contributed by atoms with Crippen LogP contribution in [0.2, 0.25) is 0 Å². The zero-order valence-corrected chi connectivity index (χ0v) is 15.2. The highest BCUT2D eigenvalue weighted by Gasteiger charge is 2.44. The lowest BCUT2D eigenvalue weighted by Crippen LogP contribution is -2.35. The summed E-state index contributed by atoms with van der Waals surface area (Å²) >= 11 is 0. The molecule has 1 aliphatic rings. The van der Waals surface area contributed by atoms with Crippen LogP contribution in [0.5, 0.6) is 5.75 Å². The first-order valence-corrected chi connectivity index (χ1v) is 9.36. The molecule has 4 rings (SSSR count). The molecule has 1 saturated carbocycles. The van der Waals surface area contributed by atoms with Gasteiger partial charge in [0, 0.05) is 17.5 Å². The molecule has 1 amide bonds. The van der Waals surface area contributed by atoms with Gasteiger partial charge in [-0.05, 0) is 30.0 Å². The predicted octanol–water partition coefficient (Wildman–Crippen LogP) is 4.58. The molecule has 3 heteroatoms. The topological polar surface area (TPSA) is 38.3 Å². The second kappa shape index (κ2) is 7.67. The van der Waals surface area contributed by atoms with Crippen LogP contribution in [-0.4, -0.2) is 19.1 Å². The number of benzene rings is 3. The van der Waals surface area contributed by atoms with Crippen molar-refractivity contribution in [1.82, 2.24) is 5.32 Å². The summed E-state index contributed by atoms with van der Waals surface area (Å²) in [4.78, 5) is 12.3. The predicted molar refractivity (Wildman–Crippen MR) is 108 cm³/mol. The molecule has 1 aliphatic carbocycles. The van der Waals surface area contributed by atoms with Crippen molar-refractivity contribution in [3.63, 3.8) is 0 Å². The highest BCUT2D eigenvalue weighted by Crippen LogP contribution is 2.47. The van der Waals surface area contributed by atoms with Gasteiger partial charge in [-0.25, -0.2) is 0 Å². The van der Waals surface area contributed by atoms with E-state index in [1.54, 1.807) is 0 Å². The van der Waals surface area contributed by atoms with Crippen LogP contribution in [0.1, 0.15) is 18.4 Å². The molecule has 0 atom stereocenters. The monoisotopic (exact) mass is 357 g/mol. The van der Waals surface area contributed by atoms with Crippen molar-refractivity contribution >= 4 is 5.91 Å². The van der Waals surface area contributed by atoms with E-state index in [1.807, 2.05) is 60.7 Å². The van der Waals surface area contributed by atoms with E-state index in [2.05, 4.69) is 29.6 Å². The van der Waals surface area contributed by atoms with E-state index in [4.69, 9.17) is 4.74 Å². The lowest BCUT2D eigenvalue weighted by atomic mass is 9.96. The molecular formula is C24H23NO2. The molecule has 3 nitrogen and oxygen atoms in total. The van der Waals surface area contributed by atoms with Crippen LogP contribution in [-0.2, 0) is 10.2 Å². The first-order chi connectivity index (χ1) is 13.3. The van der Waals surface area contributed by atoms with Crippen molar-refractivity contribution in [2.45, 2.75) is 18.3 Å². The van der Waals surface area contributed by atoms with Gasteiger partial charge >= 0.3 is 0 Å². The fraction of sp³-hybridized carbons (Fsp3) is 0.208. The summed E-state index contributed by atoms with van der Waals surface area (Å²) in [5.41, 5.74) is 3.49. The fourth-order valence-corrected chi connectivity index (χ4v) is 3.42. The number of carbonyl (C=O) groups excluding carboxylic acids is 1. The molecule has 0 bridgehead atoms. The van der Waals surface area contributed by atoms with Crippen LogP contribution >= 0.6 is 0 Å². The first kappa shape index (κ1) is 17.3. The van der Waals surface area contributed by atoms with Crippen LogP contribution in [0.3, 0.4) is 0 Å². The standard InChI is InChI=1S/C24H23NO2/c26-23(25-18-24(15-16-24)20-11-5-2-6-12-20)17-27-22-14-8-7-13-21(22)19-9-3-1-4-10-19/h1-14H,15-18H2,(H,25,26). The quantitative estimate of drug-likeness (QED) is 0.672. The van der Waals surface area contributed by atoms with Gasteiger partial charge in [0.25, 0.3) is 5.91 Å². The van der Waals surface area contributed by atoms with E-state index in [1.165, 1.54) is 5.56 Å². The molecule has 0 heterocycles. The lowest BCUT2D eigenvalue weighted by Gasteiger charge is -2.17. The molecule has 3 aromatic carbocycles. The van der Waals surface area contributed by atoms with Crippen molar-refractivity contribution in [1.29, 1.82) is 0 Å². The van der Waals surface area contributed by atoms with Crippen molar-refractivity contribution in [2.75, 3.05) is 13.2 Å². The van der Waals surface area contributed by atoms with Gasteiger partial charge in [-0.2, -0.15) is 0 Å². The van der Waals surface area contributed by atoms with E-state index in [9.17, 15) is 4.79 Å². The number of ether oxygens (including phenoxy) is 1. The highest BCUT2D eigenvalue weighted by molar-refractivity contribution is 5.78. The van der Waals surface area contributed by atoms with Gasteiger partial charge in [-0.15, -0.1) is 0 Å². The summed E-state index contributed by atoms with van der Waals surface area (Å²) in [6.07, 6.45) is 2.24. The van der Waals surface area contributed by atoms with Crippen LogP contribution in [0.25, 0.3) is 11.1 Å². The van der Waals surface area contributed by atoms with Gasteiger partial charge in [-0.1, -0.05) is 78.9 Å². The largest absolute Gasteiger partial charge is 0.483 e. The van der Waals surface area contributed by atoms with Gasteiger partial charge in [0.2, 0.25) is 0 Å². The molecule has 27 heavy (non-hydrogen) atoms. The molecule has 0 unspecified atom stereocenters. The van der Waals surface area contributed by atoms with Crippen LogP contribution in [0, 0.1) is 0 Å². The van der Waals surface area contributed by atoms with Crippen molar-refractivity contribution < 1.29 is 9.53 Å². The molecular weight excluding hydrogens is 334 g/mol. The summed E-state index contributed by atoms with van der Waals surface area (Å²) in [6, 6.07) is 28.3. The van der Waals surface area contributed by atoms with Gasteiger partial charge in [0.05, 0.1) is 0 Å². The summed E-state index contributed by atoms with van der Waals surface area (Å²) < 4.78 is 5.83. The molecule has 3 aromatic rings. The van der Waals surface area contributed by atoms with E-state index in [0.717, 1.165) is 29.7 Å². The molecule has 0 saturated heterocycles. The van der Waals surface area contributed by atoms with Crippen molar-refractivity contribution in [2.24, 2.45) is 0 Å². The fourth-order valence-electron chi connectivity index (χ4n) is 3.42. The Kier molecular flexibility index (Phi) is 4.93. The maximum atomic E-state index is 12.3. The van der Waals surface area contributed by atoms with Gasteiger partial charge in [-0.3, -0.25) is 4.79 Å². The number of hydrogen-bond donors (Lipinski definition) is 1. The van der Waals surface area contributed by atoms with Crippen LogP contribution < -0.4 is 10.1 Å². The first-order valence-electron chi connectivity index (χ1n) is 9.36. The summed E-state index contributed by atoms with van der Waals surface area (Å²) in [6.45, 7) is 0.689. The second-order valence-electron chi connectivity index (χ2n) is 7.07. The normalized spacial score (nSPS) is 14.4. The highest BCUT2D eigenvalue weighted by atomic mass is 16.5. The minimum absolute atomic E-state index is 0.0225. The Balaban J connectivity index is 1.36. The van der Waals surface area contributed by atoms with Crippen molar-refractivity contribution in [3.8, 4) is 16.9 Å². The van der Waals surface area contributed by atoms with E-state index in [0.29, 0.717) is 6.54 Å². The van der Waals surface area contributed by atoms with Gasteiger partial charge in [0.15, 0.2) is 6.61 Å². The molecule has 1 fully saturated rings. The Morgan fingerprint density at radius 3 is 2.19 bits per heavy atom. The Morgan fingerprint density at radius 1 is 0.852 bits per heavy atom. The number of carbonyl (C=O) groups is 1. The number of hydrogen-bond acceptors (Lipinski definition) is 2. The Morgan fingerprint density at radius 2 is 1.48 bits per heavy atom. The van der Waals surface area contributed by atoms with E-state index in [-0.39, 0.29) is 17.9 Å². The molecule has 1 N–H and O–H groups in total. The Labute approximate surface area is 160 Å². The zero-order valence-electron chi connectivity index (χ0n) is 15.2. The number of nitrogens with one attached hydrogen (secondary N) is 1.